The summed E-state index contributed by atoms with van der Waals surface area (Å²) in [5, 5.41) is 2.88. The van der Waals surface area contributed by atoms with Gasteiger partial charge in [0.25, 0.3) is 5.91 Å². The molecule has 1 N–H and O–H groups in total. The second kappa shape index (κ2) is 8.39. The maximum atomic E-state index is 12.1. The lowest BCUT2D eigenvalue weighted by atomic mass is 10.1. The Morgan fingerprint density at radius 2 is 1.84 bits per heavy atom. The van der Waals surface area contributed by atoms with Crippen molar-refractivity contribution in [2.24, 2.45) is 0 Å². The predicted octanol–water partition coefficient (Wildman–Crippen LogP) is 4.77. The molecule has 0 radical (unpaired) electrons. The second-order valence-electron chi connectivity index (χ2n) is 6.34. The maximum Gasteiger partial charge on any atom is 0.262 e. The molecule has 0 atom stereocenters. The van der Waals surface area contributed by atoms with Crippen LogP contribution < -0.4 is 15.0 Å². The largest absolute Gasteiger partial charge is 0.484 e. The van der Waals surface area contributed by atoms with Gasteiger partial charge < -0.3 is 15.0 Å². The van der Waals surface area contributed by atoms with Crippen molar-refractivity contribution in [2.45, 2.75) is 26.2 Å². The van der Waals surface area contributed by atoms with Gasteiger partial charge in [-0.15, -0.1) is 0 Å². The van der Waals surface area contributed by atoms with E-state index in [4.69, 9.17) is 4.74 Å². The number of rotatable bonds is 5. The van der Waals surface area contributed by atoms with E-state index in [1.54, 1.807) is 0 Å². The van der Waals surface area contributed by atoms with Crippen LogP contribution in [0.3, 0.4) is 0 Å². The first-order chi connectivity index (χ1) is 12.1. The normalized spacial score (nSPS) is 14.2. The van der Waals surface area contributed by atoms with E-state index < -0.39 is 0 Å². The molecule has 1 fully saturated rings. The van der Waals surface area contributed by atoms with Gasteiger partial charge in [0.05, 0.1) is 0 Å². The third kappa shape index (κ3) is 4.98. The molecule has 132 valence electrons. The molecule has 2 aromatic rings. The molecule has 1 saturated heterocycles. The Balaban J connectivity index is 1.51. The topological polar surface area (TPSA) is 41.6 Å². The average Bonchev–Trinajstić information content (AvgIpc) is 2.64. The summed E-state index contributed by atoms with van der Waals surface area (Å²) in [6.07, 6.45) is 3.83. The molecule has 0 unspecified atom stereocenters. The molecule has 25 heavy (non-hydrogen) atoms. The minimum absolute atomic E-state index is 0.00501. The van der Waals surface area contributed by atoms with Gasteiger partial charge in [0.1, 0.15) is 5.75 Å². The zero-order chi connectivity index (χ0) is 17.6. The van der Waals surface area contributed by atoms with Gasteiger partial charge in [0, 0.05) is 28.9 Å². The van der Waals surface area contributed by atoms with Gasteiger partial charge >= 0.3 is 0 Å². The van der Waals surface area contributed by atoms with E-state index in [-0.39, 0.29) is 12.5 Å². The molecule has 1 aliphatic rings. The van der Waals surface area contributed by atoms with Gasteiger partial charge in [-0.25, -0.2) is 0 Å². The number of anilines is 2. The molecule has 1 aliphatic heterocycles. The summed E-state index contributed by atoms with van der Waals surface area (Å²) in [6, 6.07) is 13.7. The Kier molecular flexibility index (Phi) is 5.97. The quantitative estimate of drug-likeness (QED) is 0.783. The minimum atomic E-state index is -0.161. The summed E-state index contributed by atoms with van der Waals surface area (Å²) in [4.78, 5) is 14.5. The van der Waals surface area contributed by atoms with Crippen molar-refractivity contribution < 1.29 is 9.53 Å². The van der Waals surface area contributed by atoms with E-state index in [9.17, 15) is 4.79 Å². The molecule has 1 heterocycles. The maximum absolute atomic E-state index is 12.1. The van der Waals surface area contributed by atoms with Gasteiger partial charge in [-0.2, -0.15) is 0 Å². The molecular formula is C20H23BrN2O2. The first-order valence-electron chi connectivity index (χ1n) is 8.65. The van der Waals surface area contributed by atoms with Gasteiger partial charge in [-0.3, -0.25) is 4.79 Å². The molecule has 2 aromatic carbocycles. The monoisotopic (exact) mass is 402 g/mol. The lowest BCUT2D eigenvalue weighted by Crippen LogP contribution is -2.29. The third-order valence-electron chi connectivity index (χ3n) is 4.37. The van der Waals surface area contributed by atoms with Crippen LogP contribution in [-0.2, 0) is 4.79 Å². The van der Waals surface area contributed by atoms with Gasteiger partial charge in [-0.05, 0) is 74.2 Å². The van der Waals surface area contributed by atoms with Crippen LogP contribution in [0.15, 0.2) is 46.9 Å². The van der Waals surface area contributed by atoms with Crippen LogP contribution in [0.2, 0.25) is 0 Å². The number of carbonyl (C=O) groups excluding carboxylic acids is 1. The number of hydrogen-bond acceptors (Lipinski definition) is 3. The summed E-state index contributed by atoms with van der Waals surface area (Å²) in [7, 11) is 0. The van der Waals surface area contributed by atoms with Crippen molar-refractivity contribution in [1.29, 1.82) is 0 Å². The van der Waals surface area contributed by atoms with Crippen LogP contribution >= 0.6 is 15.9 Å². The van der Waals surface area contributed by atoms with Crippen molar-refractivity contribution in [1.82, 2.24) is 0 Å². The molecular weight excluding hydrogens is 380 g/mol. The van der Waals surface area contributed by atoms with E-state index in [2.05, 4.69) is 38.3 Å². The molecule has 5 heteroatoms. The Labute approximate surface area is 157 Å². The number of nitrogens with zero attached hydrogens (tertiary/aromatic N) is 1. The van der Waals surface area contributed by atoms with Gasteiger partial charge in [0.15, 0.2) is 6.61 Å². The second-order valence-corrected chi connectivity index (χ2v) is 7.20. The summed E-state index contributed by atoms with van der Waals surface area (Å²) >= 11 is 3.45. The van der Waals surface area contributed by atoms with Crippen molar-refractivity contribution in [3.05, 3.63) is 52.5 Å². The zero-order valence-corrected chi connectivity index (χ0v) is 16.0. The van der Waals surface area contributed by atoms with Crippen LogP contribution in [0, 0.1) is 6.92 Å². The van der Waals surface area contributed by atoms with Crippen LogP contribution in [0.5, 0.6) is 5.75 Å². The van der Waals surface area contributed by atoms with Gasteiger partial charge in [0.2, 0.25) is 0 Å². The number of piperidine rings is 1. The number of amides is 1. The number of nitrogens with one attached hydrogen (secondary N) is 1. The first kappa shape index (κ1) is 17.8. The van der Waals surface area contributed by atoms with Crippen LogP contribution in [-0.4, -0.2) is 25.6 Å². The highest BCUT2D eigenvalue weighted by Gasteiger charge is 2.11. The van der Waals surface area contributed by atoms with E-state index >= 15 is 0 Å². The van der Waals surface area contributed by atoms with Gasteiger partial charge in [-0.1, -0.05) is 15.9 Å². The molecule has 1 amide bonds. The highest BCUT2D eigenvalue weighted by Crippen LogP contribution is 2.23. The zero-order valence-electron chi connectivity index (χ0n) is 14.4. The van der Waals surface area contributed by atoms with E-state index in [1.165, 1.54) is 24.9 Å². The number of carbonyl (C=O) groups is 1. The fourth-order valence-electron chi connectivity index (χ4n) is 2.96. The summed E-state index contributed by atoms with van der Waals surface area (Å²) in [5.41, 5.74) is 3.09. The Bertz CT molecular complexity index is 725. The average molecular weight is 403 g/mol. The van der Waals surface area contributed by atoms with E-state index in [1.807, 2.05) is 37.3 Å². The van der Waals surface area contributed by atoms with Crippen molar-refractivity contribution in [2.75, 3.05) is 29.9 Å². The van der Waals surface area contributed by atoms with E-state index in [0.29, 0.717) is 5.75 Å². The predicted molar refractivity (Wildman–Crippen MR) is 106 cm³/mol. The SMILES string of the molecule is Cc1cc(OCC(=O)Nc2ccc(N3CCCCC3)cc2)ccc1Br. The van der Waals surface area contributed by atoms with Crippen LogP contribution in [0.4, 0.5) is 11.4 Å². The molecule has 0 aliphatic carbocycles. The van der Waals surface area contributed by atoms with E-state index in [0.717, 1.165) is 28.8 Å². The molecule has 0 saturated carbocycles. The number of benzene rings is 2. The smallest absolute Gasteiger partial charge is 0.262 e. The highest BCUT2D eigenvalue weighted by atomic mass is 79.9. The number of aryl methyl sites for hydroxylation is 1. The van der Waals surface area contributed by atoms with Crippen molar-refractivity contribution in [3.63, 3.8) is 0 Å². The lowest BCUT2D eigenvalue weighted by Gasteiger charge is -2.28. The molecule has 3 rings (SSSR count). The molecule has 0 spiro atoms. The summed E-state index contributed by atoms with van der Waals surface area (Å²) < 4.78 is 6.58. The standard InChI is InChI=1S/C20H23BrN2O2/c1-15-13-18(9-10-19(15)21)25-14-20(24)22-16-5-7-17(8-6-16)23-11-3-2-4-12-23/h5-10,13H,2-4,11-12,14H2,1H3,(H,22,24). The minimum Gasteiger partial charge on any atom is -0.484 e. The number of hydrogen-bond donors (Lipinski definition) is 1. The highest BCUT2D eigenvalue weighted by molar-refractivity contribution is 9.10. The summed E-state index contributed by atoms with van der Waals surface area (Å²) in [5.74, 6) is 0.530. The lowest BCUT2D eigenvalue weighted by molar-refractivity contribution is -0.118. The van der Waals surface area contributed by atoms with Crippen LogP contribution in [0.1, 0.15) is 24.8 Å². The fraction of sp³-hybridized carbons (Fsp3) is 0.350. The molecule has 0 bridgehead atoms. The Morgan fingerprint density at radius 3 is 2.52 bits per heavy atom. The third-order valence-corrected chi connectivity index (χ3v) is 5.26. The summed E-state index contributed by atoms with van der Waals surface area (Å²) in [6.45, 7) is 4.22. The number of ether oxygens (including phenoxy) is 1. The number of halogens is 1. The Morgan fingerprint density at radius 1 is 1.12 bits per heavy atom. The van der Waals surface area contributed by atoms with Crippen LogP contribution in [0.25, 0.3) is 0 Å². The molecule has 4 nitrogen and oxygen atoms in total. The first-order valence-corrected chi connectivity index (χ1v) is 9.45. The van der Waals surface area contributed by atoms with Crippen molar-refractivity contribution >= 4 is 33.2 Å². The fourth-order valence-corrected chi connectivity index (χ4v) is 3.21. The Hall–Kier alpha value is -2.01. The molecule has 0 aromatic heterocycles. The van der Waals surface area contributed by atoms with Crippen molar-refractivity contribution in [3.8, 4) is 5.75 Å².